The highest BCUT2D eigenvalue weighted by molar-refractivity contribution is 5.85. The van der Waals surface area contributed by atoms with E-state index in [1.165, 1.54) is 0 Å². The van der Waals surface area contributed by atoms with Gasteiger partial charge in [-0.15, -0.1) is 0 Å². The van der Waals surface area contributed by atoms with Gasteiger partial charge in [-0.3, -0.25) is 9.59 Å². The number of likely N-dealkylation sites (N-methyl/N-ethyl adjacent to an activating group) is 1. The fourth-order valence-corrected chi connectivity index (χ4v) is 3.13. The maximum Gasteiger partial charge on any atom is 0.323 e. The van der Waals surface area contributed by atoms with Crippen LogP contribution in [0.2, 0.25) is 0 Å². The van der Waals surface area contributed by atoms with Gasteiger partial charge in [-0.25, -0.2) is 0 Å². The molecule has 0 aliphatic rings. The zero-order valence-electron chi connectivity index (χ0n) is 17.7. The van der Waals surface area contributed by atoms with Gasteiger partial charge in [0.15, 0.2) is 0 Å². The van der Waals surface area contributed by atoms with Crippen molar-refractivity contribution in [2.75, 3.05) is 13.7 Å². The molecule has 0 fully saturated rings. The van der Waals surface area contributed by atoms with E-state index in [1.807, 2.05) is 53.1 Å². The number of hydrogen-bond acceptors (Lipinski definition) is 5. The molecule has 1 aromatic carbocycles. The van der Waals surface area contributed by atoms with Gasteiger partial charge in [0, 0.05) is 30.6 Å². The molecule has 1 heterocycles. The molecule has 0 saturated carbocycles. The van der Waals surface area contributed by atoms with E-state index in [0.717, 1.165) is 16.5 Å². The van der Waals surface area contributed by atoms with Crippen molar-refractivity contribution in [3.63, 3.8) is 0 Å². The average Bonchev–Trinajstić information content (AvgIpc) is 2.94. The van der Waals surface area contributed by atoms with Crippen molar-refractivity contribution in [3.05, 3.63) is 36.0 Å². The molecule has 1 aromatic heterocycles. The lowest BCUT2D eigenvalue weighted by Gasteiger charge is -2.24. The fraction of sp³-hybridized carbons (Fsp3) is 0.545. The molecule has 0 spiro atoms. The minimum Gasteiger partial charge on any atom is -0.464 e. The molecule has 154 valence electrons. The van der Waals surface area contributed by atoms with E-state index < -0.39 is 17.6 Å². The molecular weight excluding hydrogens is 356 g/mol. The number of hydrogen-bond donors (Lipinski definition) is 1. The number of carbonyl (C=O) groups excluding carboxylic acids is 2. The number of aromatic nitrogens is 1. The zero-order chi connectivity index (χ0) is 20.9. The number of nitrogens with one attached hydrogen (secondary N) is 1. The minimum absolute atomic E-state index is 0.0258. The monoisotopic (exact) mass is 388 g/mol. The summed E-state index contributed by atoms with van der Waals surface area (Å²) in [6.45, 7) is 7.38. The average molecular weight is 389 g/mol. The van der Waals surface area contributed by atoms with Crippen LogP contribution in [0.3, 0.4) is 0 Å². The lowest BCUT2D eigenvalue weighted by atomic mass is 10.0. The second-order valence-electron chi connectivity index (χ2n) is 8.10. The Labute approximate surface area is 167 Å². The van der Waals surface area contributed by atoms with E-state index in [2.05, 4.69) is 22.0 Å². The number of rotatable bonds is 8. The number of esters is 2. The van der Waals surface area contributed by atoms with E-state index in [0.29, 0.717) is 12.8 Å². The molecule has 2 atom stereocenters. The van der Waals surface area contributed by atoms with Crippen molar-refractivity contribution in [1.29, 1.82) is 0 Å². The largest absolute Gasteiger partial charge is 0.464 e. The SMILES string of the molecule is CC[C@@H](COC(=O)[C@H](Cc1cn(C)c2ccccc12)NC)C(=O)OC(C)(C)C. The van der Waals surface area contributed by atoms with Crippen LogP contribution in [0.4, 0.5) is 0 Å². The molecule has 0 aliphatic heterocycles. The number of ether oxygens (including phenoxy) is 2. The first-order chi connectivity index (χ1) is 13.2. The molecular formula is C22H32N2O4. The Morgan fingerprint density at radius 2 is 1.86 bits per heavy atom. The lowest BCUT2D eigenvalue weighted by Crippen LogP contribution is -2.39. The lowest BCUT2D eigenvalue weighted by molar-refractivity contribution is -0.164. The molecule has 6 heteroatoms. The highest BCUT2D eigenvalue weighted by Gasteiger charge is 2.27. The smallest absolute Gasteiger partial charge is 0.323 e. The summed E-state index contributed by atoms with van der Waals surface area (Å²) in [5, 5.41) is 4.16. The second kappa shape index (κ2) is 9.24. The Balaban J connectivity index is 2.02. The van der Waals surface area contributed by atoms with E-state index >= 15 is 0 Å². The minimum atomic E-state index is -0.559. The van der Waals surface area contributed by atoms with Crippen molar-refractivity contribution in [2.45, 2.75) is 52.2 Å². The summed E-state index contributed by atoms with van der Waals surface area (Å²) in [4.78, 5) is 24.9. The molecule has 2 aromatic rings. The first kappa shape index (κ1) is 22.0. The second-order valence-corrected chi connectivity index (χ2v) is 8.10. The zero-order valence-corrected chi connectivity index (χ0v) is 17.7. The van der Waals surface area contributed by atoms with Gasteiger partial charge in [0.05, 0.1) is 5.92 Å². The summed E-state index contributed by atoms with van der Waals surface area (Å²) in [5.41, 5.74) is 1.64. The maximum absolute atomic E-state index is 12.6. The summed E-state index contributed by atoms with van der Waals surface area (Å²) in [5.74, 6) is -1.16. The van der Waals surface area contributed by atoms with Crippen LogP contribution in [-0.4, -0.2) is 41.8 Å². The van der Waals surface area contributed by atoms with Crippen molar-refractivity contribution < 1.29 is 19.1 Å². The van der Waals surface area contributed by atoms with Crippen LogP contribution < -0.4 is 5.32 Å². The van der Waals surface area contributed by atoms with E-state index in [1.54, 1.807) is 7.05 Å². The maximum atomic E-state index is 12.6. The van der Waals surface area contributed by atoms with Gasteiger partial charge in [0.25, 0.3) is 0 Å². The van der Waals surface area contributed by atoms with Crippen LogP contribution in [0.5, 0.6) is 0 Å². The van der Waals surface area contributed by atoms with Crippen LogP contribution in [0, 0.1) is 5.92 Å². The molecule has 28 heavy (non-hydrogen) atoms. The third-order valence-corrected chi connectivity index (χ3v) is 4.70. The molecule has 1 N–H and O–H groups in total. The number of aryl methyl sites for hydroxylation is 1. The van der Waals surface area contributed by atoms with Gasteiger partial charge >= 0.3 is 11.9 Å². The van der Waals surface area contributed by atoms with Gasteiger partial charge in [-0.2, -0.15) is 0 Å². The van der Waals surface area contributed by atoms with Gasteiger partial charge in [0.2, 0.25) is 0 Å². The van der Waals surface area contributed by atoms with Gasteiger partial charge < -0.3 is 19.4 Å². The number of nitrogens with zero attached hydrogens (tertiary/aromatic N) is 1. The normalized spacial score (nSPS) is 13.9. The van der Waals surface area contributed by atoms with Gasteiger partial charge in [-0.05, 0) is 45.9 Å². The van der Waals surface area contributed by atoms with Crippen molar-refractivity contribution in [1.82, 2.24) is 9.88 Å². The van der Waals surface area contributed by atoms with Crippen LogP contribution in [0.1, 0.15) is 39.7 Å². The molecule has 2 rings (SSSR count). The number of carbonyl (C=O) groups is 2. The Morgan fingerprint density at radius 3 is 2.46 bits per heavy atom. The molecule has 6 nitrogen and oxygen atoms in total. The summed E-state index contributed by atoms with van der Waals surface area (Å²) in [7, 11) is 3.73. The van der Waals surface area contributed by atoms with E-state index in [-0.39, 0.29) is 18.5 Å². The molecule has 0 aliphatic carbocycles. The van der Waals surface area contributed by atoms with Gasteiger partial charge in [0.1, 0.15) is 18.2 Å². The quantitative estimate of drug-likeness (QED) is 0.703. The predicted octanol–water partition coefficient (Wildman–Crippen LogP) is 3.22. The van der Waals surface area contributed by atoms with Crippen molar-refractivity contribution >= 4 is 22.8 Å². The fourth-order valence-electron chi connectivity index (χ4n) is 3.13. The predicted molar refractivity (Wildman–Crippen MR) is 110 cm³/mol. The standard InChI is InChI=1S/C22H32N2O4/c1-7-15(20(25)28-22(2,3)4)14-27-21(26)18(23-5)12-16-13-24(6)19-11-9-8-10-17(16)19/h8-11,13,15,18,23H,7,12,14H2,1-6H3/t15-,18-/m0/s1. The summed E-state index contributed by atoms with van der Waals surface area (Å²) in [6, 6.07) is 7.61. The highest BCUT2D eigenvalue weighted by atomic mass is 16.6. The van der Waals surface area contributed by atoms with Crippen molar-refractivity contribution in [3.8, 4) is 0 Å². The summed E-state index contributed by atoms with van der Waals surface area (Å²) in [6.07, 6.45) is 3.10. The third kappa shape index (κ3) is 5.58. The van der Waals surface area contributed by atoms with Crippen LogP contribution in [0.15, 0.2) is 30.5 Å². The highest BCUT2D eigenvalue weighted by Crippen LogP contribution is 2.22. The summed E-state index contributed by atoms with van der Waals surface area (Å²) < 4.78 is 12.9. The van der Waals surface area contributed by atoms with E-state index in [4.69, 9.17) is 9.47 Å². The Morgan fingerprint density at radius 1 is 1.18 bits per heavy atom. The number of fused-ring (bicyclic) bond motifs is 1. The first-order valence-electron chi connectivity index (χ1n) is 9.76. The Hall–Kier alpha value is -2.34. The molecule has 0 unspecified atom stereocenters. The first-order valence-corrected chi connectivity index (χ1v) is 9.76. The molecule has 0 saturated heterocycles. The molecule has 0 radical (unpaired) electrons. The van der Waals surface area contributed by atoms with Crippen molar-refractivity contribution in [2.24, 2.45) is 13.0 Å². The Bertz CT molecular complexity index is 820. The number of para-hydroxylation sites is 1. The van der Waals surface area contributed by atoms with Gasteiger partial charge in [-0.1, -0.05) is 25.1 Å². The summed E-state index contributed by atoms with van der Waals surface area (Å²) >= 11 is 0. The third-order valence-electron chi connectivity index (χ3n) is 4.70. The topological polar surface area (TPSA) is 69.6 Å². The van der Waals surface area contributed by atoms with Crippen LogP contribution in [-0.2, 0) is 32.5 Å². The Kier molecular flexibility index (Phi) is 7.24. The molecule has 0 bridgehead atoms. The van der Waals surface area contributed by atoms with Crippen LogP contribution >= 0.6 is 0 Å². The van der Waals surface area contributed by atoms with Crippen LogP contribution in [0.25, 0.3) is 10.9 Å². The number of benzene rings is 1. The molecule has 0 amide bonds. The van der Waals surface area contributed by atoms with E-state index in [9.17, 15) is 9.59 Å².